The van der Waals surface area contributed by atoms with E-state index in [9.17, 15) is 0 Å². The van der Waals surface area contributed by atoms with E-state index in [0.29, 0.717) is 22.4 Å². The number of benzene rings is 3. The predicted octanol–water partition coefficient (Wildman–Crippen LogP) is 6.78. The van der Waals surface area contributed by atoms with E-state index in [1.165, 1.54) is 0 Å². The van der Waals surface area contributed by atoms with Gasteiger partial charge in [-0.05, 0) is 37.3 Å². The summed E-state index contributed by atoms with van der Waals surface area (Å²) in [7, 11) is 3.24. The molecule has 0 aliphatic heterocycles. The number of para-hydroxylation sites is 1. The van der Waals surface area contributed by atoms with Crippen molar-refractivity contribution >= 4 is 27.4 Å². The first-order chi connectivity index (χ1) is 16.2. The number of ether oxygens (including phenoxy) is 2. The topological polar surface area (TPSA) is 56.9 Å². The second-order valence-corrected chi connectivity index (χ2v) is 8.62. The summed E-state index contributed by atoms with van der Waals surface area (Å²) in [5.74, 6) is 1.99. The molecule has 0 amide bonds. The Hall–Kier alpha value is -3.90. The van der Waals surface area contributed by atoms with Crippen LogP contribution in [0.5, 0.6) is 11.5 Å². The lowest BCUT2D eigenvalue weighted by Gasteiger charge is -2.10. The Morgan fingerprint density at radius 1 is 0.818 bits per heavy atom. The summed E-state index contributed by atoms with van der Waals surface area (Å²) < 4.78 is 17.1. The predicted molar refractivity (Wildman–Crippen MR) is 132 cm³/mol. The van der Waals surface area contributed by atoms with Crippen LogP contribution >= 0.6 is 11.3 Å². The molecule has 0 unspecified atom stereocenters. The molecule has 5 aromatic rings. The summed E-state index contributed by atoms with van der Waals surface area (Å²) >= 11 is 1.58. The highest BCUT2D eigenvalue weighted by molar-refractivity contribution is 7.15. The molecule has 0 aliphatic carbocycles. The van der Waals surface area contributed by atoms with Crippen molar-refractivity contribution in [3.63, 3.8) is 0 Å². The smallest absolute Gasteiger partial charge is 0.210 e. The van der Waals surface area contributed by atoms with Crippen molar-refractivity contribution in [1.82, 2.24) is 4.98 Å². The van der Waals surface area contributed by atoms with E-state index in [1.807, 2.05) is 66.7 Å². The molecule has 0 radical (unpaired) electrons. The van der Waals surface area contributed by atoms with Gasteiger partial charge < -0.3 is 13.9 Å². The van der Waals surface area contributed by atoms with Crippen molar-refractivity contribution in [2.24, 2.45) is 4.99 Å². The van der Waals surface area contributed by atoms with Crippen molar-refractivity contribution in [2.75, 3.05) is 14.2 Å². The quantitative estimate of drug-likeness (QED) is 0.294. The third kappa shape index (κ3) is 4.13. The highest BCUT2D eigenvalue weighted by Crippen LogP contribution is 2.34. The molecule has 33 heavy (non-hydrogen) atoms. The summed E-state index contributed by atoms with van der Waals surface area (Å²) in [6.45, 7) is 2.08. The van der Waals surface area contributed by atoms with Gasteiger partial charge in [0.25, 0.3) is 0 Å². The van der Waals surface area contributed by atoms with Gasteiger partial charge in [-0.25, -0.2) is 9.98 Å². The second kappa shape index (κ2) is 8.92. The first-order valence-electron chi connectivity index (χ1n) is 10.5. The Morgan fingerprint density at radius 3 is 2.36 bits per heavy atom. The monoisotopic (exact) mass is 454 g/mol. The zero-order valence-corrected chi connectivity index (χ0v) is 19.3. The van der Waals surface area contributed by atoms with Gasteiger partial charge in [-0.1, -0.05) is 53.8 Å². The molecule has 0 N–H and O–H groups in total. The van der Waals surface area contributed by atoms with Gasteiger partial charge in [-0.2, -0.15) is 0 Å². The minimum atomic E-state index is 0.639. The molecule has 5 rings (SSSR count). The number of thiazole rings is 1. The third-order valence-electron chi connectivity index (χ3n) is 5.37. The number of methoxy groups -OCH3 is 2. The van der Waals surface area contributed by atoms with Gasteiger partial charge in [0.15, 0.2) is 11.5 Å². The maximum Gasteiger partial charge on any atom is 0.210 e. The standard InChI is InChI=1S/C27H22N2O3S/c1-17-26(18-9-5-4-6-10-18)29-27(33-17)28-21-16-24(32-22-12-8-7-11-20(21)22)19-13-14-23(30-2)25(15-19)31-3/h4-16H,1-3H3/b28-21+. The van der Waals surface area contributed by atoms with Crippen molar-refractivity contribution in [3.8, 4) is 34.1 Å². The van der Waals surface area contributed by atoms with E-state index < -0.39 is 0 Å². The van der Waals surface area contributed by atoms with Crippen LogP contribution in [0.1, 0.15) is 4.88 Å². The molecule has 0 atom stereocenters. The van der Waals surface area contributed by atoms with Crippen LogP contribution in [0.2, 0.25) is 0 Å². The Bertz CT molecular complexity index is 1500. The summed E-state index contributed by atoms with van der Waals surface area (Å²) in [5, 5.41) is 2.44. The number of hydrogen-bond donors (Lipinski definition) is 0. The number of aryl methyl sites for hydroxylation is 1. The Balaban J connectivity index is 1.67. The fraction of sp³-hybridized carbons (Fsp3) is 0.111. The Morgan fingerprint density at radius 2 is 1.58 bits per heavy atom. The summed E-state index contributed by atoms with van der Waals surface area (Å²) in [5.41, 5.74) is 3.67. The summed E-state index contributed by atoms with van der Waals surface area (Å²) in [4.78, 5) is 10.9. The van der Waals surface area contributed by atoms with Gasteiger partial charge in [-0.15, -0.1) is 0 Å². The van der Waals surface area contributed by atoms with Crippen LogP contribution in [0, 0.1) is 6.92 Å². The van der Waals surface area contributed by atoms with Gasteiger partial charge >= 0.3 is 0 Å². The highest BCUT2D eigenvalue weighted by atomic mass is 32.1. The van der Waals surface area contributed by atoms with Crippen LogP contribution < -0.4 is 14.8 Å². The van der Waals surface area contributed by atoms with E-state index in [0.717, 1.165) is 38.0 Å². The maximum absolute atomic E-state index is 6.22. The first-order valence-corrected chi connectivity index (χ1v) is 11.3. The molecule has 0 saturated heterocycles. The van der Waals surface area contributed by atoms with Crippen LogP contribution in [0.4, 0.5) is 5.13 Å². The molecule has 5 nitrogen and oxygen atoms in total. The molecule has 3 aromatic carbocycles. The lowest BCUT2D eigenvalue weighted by Crippen LogP contribution is -2.03. The lowest BCUT2D eigenvalue weighted by atomic mass is 10.1. The maximum atomic E-state index is 6.22. The summed E-state index contributed by atoms with van der Waals surface area (Å²) in [6.07, 6.45) is 0. The zero-order chi connectivity index (χ0) is 22.8. The number of rotatable bonds is 5. The molecular formula is C27H22N2O3S. The average Bonchev–Trinajstić information content (AvgIpc) is 3.23. The fourth-order valence-electron chi connectivity index (χ4n) is 3.74. The molecule has 2 heterocycles. The van der Waals surface area contributed by atoms with Gasteiger partial charge in [-0.3, -0.25) is 0 Å². The van der Waals surface area contributed by atoms with Crippen LogP contribution in [-0.4, -0.2) is 19.2 Å². The van der Waals surface area contributed by atoms with Gasteiger partial charge in [0.1, 0.15) is 11.3 Å². The van der Waals surface area contributed by atoms with Crippen molar-refractivity contribution in [3.05, 3.63) is 89.1 Å². The molecular weight excluding hydrogens is 432 g/mol. The van der Waals surface area contributed by atoms with Crippen molar-refractivity contribution in [1.29, 1.82) is 0 Å². The Labute approximate surface area is 195 Å². The van der Waals surface area contributed by atoms with Gasteiger partial charge in [0, 0.05) is 27.5 Å². The van der Waals surface area contributed by atoms with Crippen molar-refractivity contribution < 1.29 is 13.9 Å². The zero-order valence-electron chi connectivity index (χ0n) is 18.5. The molecule has 0 spiro atoms. The second-order valence-electron chi connectivity index (χ2n) is 7.44. The SMILES string of the molecule is COc1ccc(-c2c/c(=N\c3nc(-c4ccccc4)c(C)s3)c3ccccc3o2)cc1OC. The summed E-state index contributed by atoms with van der Waals surface area (Å²) in [6, 6.07) is 25.7. The molecule has 0 fully saturated rings. The van der Waals surface area contributed by atoms with Gasteiger partial charge in [0.05, 0.1) is 25.3 Å². The minimum Gasteiger partial charge on any atom is -0.493 e. The Kier molecular flexibility index (Phi) is 5.67. The third-order valence-corrected chi connectivity index (χ3v) is 6.23. The molecule has 164 valence electrons. The van der Waals surface area contributed by atoms with Crippen molar-refractivity contribution in [2.45, 2.75) is 6.92 Å². The number of nitrogens with zero attached hydrogens (tertiary/aromatic N) is 2. The lowest BCUT2D eigenvalue weighted by molar-refractivity contribution is 0.355. The van der Waals surface area contributed by atoms with E-state index in [4.69, 9.17) is 23.9 Å². The van der Waals surface area contributed by atoms with E-state index in [1.54, 1.807) is 25.6 Å². The largest absolute Gasteiger partial charge is 0.493 e. The van der Waals surface area contributed by atoms with Gasteiger partial charge in [0.2, 0.25) is 5.13 Å². The van der Waals surface area contributed by atoms with E-state index in [-0.39, 0.29) is 0 Å². The van der Waals surface area contributed by atoms with Crippen LogP contribution in [0.15, 0.2) is 88.3 Å². The fourth-order valence-corrected chi connectivity index (χ4v) is 4.55. The highest BCUT2D eigenvalue weighted by Gasteiger charge is 2.12. The number of fused-ring (bicyclic) bond motifs is 1. The van der Waals surface area contributed by atoms with E-state index >= 15 is 0 Å². The van der Waals surface area contributed by atoms with Crippen LogP contribution in [0.25, 0.3) is 33.6 Å². The average molecular weight is 455 g/mol. The normalized spacial score (nSPS) is 11.7. The number of hydrogen-bond acceptors (Lipinski definition) is 6. The minimum absolute atomic E-state index is 0.639. The molecule has 6 heteroatoms. The first kappa shape index (κ1) is 21.0. The van der Waals surface area contributed by atoms with Crippen LogP contribution in [-0.2, 0) is 0 Å². The molecule has 0 saturated carbocycles. The molecule has 0 bridgehead atoms. The molecule has 2 aromatic heterocycles. The number of aromatic nitrogens is 1. The molecule has 0 aliphatic rings. The van der Waals surface area contributed by atoms with E-state index in [2.05, 4.69) is 19.1 Å². The van der Waals surface area contributed by atoms with Crippen LogP contribution in [0.3, 0.4) is 0 Å².